The van der Waals surface area contributed by atoms with Gasteiger partial charge in [-0.2, -0.15) is 5.10 Å². The van der Waals surface area contributed by atoms with E-state index >= 15 is 0 Å². The molecule has 3 heterocycles. The van der Waals surface area contributed by atoms with E-state index in [0.717, 1.165) is 43.1 Å². The summed E-state index contributed by atoms with van der Waals surface area (Å²) in [5.74, 6) is 2.66. The molecule has 1 aliphatic carbocycles. The van der Waals surface area contributed by atoms with Crippen LogP contribution >= 0.6 is 0 Å². The highest BCUT2D eigenvalue weighted by Crippen LogP contribution is 2.33. The Bertz CT molecular complexity index is 764. The highest BCUT2D eigenvalue weighted by Gasteiger charge is 2.35. The van der Waals surface area contributed by atoms with Gasteiger partial charge in [0.25, 0.3) is 0 Å². The molecule has 0 bridgehead atoms. The van der Waals surface area contributed by atoms with Gasteiger partial charge in [0.15, 0.2) is 5.82 Å². The Kier molecular flexibility index (Phi) is 4.74. The number of likely N-dealkylation sites (tertiary alicyclic amines) is 1. The van der Waals surface area contributed by atoms with E-state index in [-0.39, 0.29) is 11.8 Å². The smallest absolute Gasteiger partial charge is 0.222 e. The van der Waals surface area contributed by atoms with Crippen molar-refractivity contribution in [2.45, 2.75) is 70.3 Å². The fourth-order valence-corrected chi connectivity index (χ4v) is 4.18. The van der Waals surface area contributed by atoms with Crippen LogP contribution in [0.5, 0.6) is 0 Å². The molecular formula is C20H27N5O. The lowest BCUT2D eigenvalue weighted by molar-refractivity contribution is -0.136. The predicted molar refractivity (Wildman–Crippen MR) is 99.2 cm³/mol. The van der Waals surface area contributed by atoms with Gasteiger partial charge >= 0.3 is 0 Å². The SMILES string of the molecule is CC(C)c1nc(C2CCC(=O)N(C3CCCC3)C2)n(-c2ccncc2)n1. The molecule has 2 fully saturated rings. The number of carbonyl (C=O) groups excluding carboxylic acids is 1. The molecule has 26 heavy (non-hydrogen) atoms. The van der Waals surface area contributed by atoms with Gasteiger partial charge in [-0.05, 0) is 31.4 Å². The summed E-state index contributed by atoms with van der Waals surface area (Å²) in [6.07, 6.45) is 9.80. The fourth-order valence-electron chi connectivity index (χ4n) is 4.18. The summed E-state index contributed by atoms with van der Waals surface area (Å²) in [5.41, 5.74) is 0.985. The zero-order valence-electron chi connectivity index (χ0n) is 15.6. The summed E-state index contributed by atoms with van der Waals surface area (Å²) in [5, 5.41) is 4.77. The first kappa shape index (κ1) is 17.2. The van der Waals surface area contributed by atoms with E-state index in [1.165, 1.54) is 12.8 Å². The summed E-state index contributed by atoms with van der Waals surface area (Å²) >= 11 is 0. The average molecular weight is 353 g/mol. The first-order chi connectivity index (χ1) is 12.6. The van der Waals surface area contributed by atoms with E-state index in [0.29, 0.717) is 18.4 Å². The Labute approximate surface area is 154 Å². The molecule has 1 atom stereocenters. The molecule has 0 radical (unpaired) electrons. The lowest BCUT2D eigenvalue weighted by Crippen LogP contribution is -2.45. The van der Waals surface area contributed by atoms with Gasteiger partial charge in [-0.3, -0.25) is 9.78 Å². The molecule has 6 heteroatoms. The molecule has 0 N–H and O–H groups in total. The molecule has 6 nitrogen and oxygen atoms in total. The van der Waals surface area contributed by atoms with Crippen LogP contribution in [0.3, 0.4) is 0 Å². The number of hydrogen-bond donors (Lipinski definition) is 0. The molecule has 1 saturated carbocycles. The lowest BCUT2D eigenvalue weighted by Gasteiger charge is -2.36. The van der Waals surface area contributed by atoms with E-state index < -0.39 is 0 Å². The molecule has 2 aliphatic rings. The third-order valence-corrected chi connectivity index (χ3v) is 5.65. The summed E-state index contributed by atoms with van der Waals surface area (Å²) < 4.78 is 1.96. The number of carbonyl (C=O) groups is 1. The van der Waals surface area contributed by atoms with E-state index in [2.05, 4.69) is 23.7 Å². The third kappa shape index (κ3) is 3.24. The summed E-state index contributed by atoms with van der Waals surface area (Å²) in [4.78, 5) is 23.6. The van der Waals surface area contributed by atoms with E-state index in [1.807, 2.05) is 16.8 Å². The molecule has 2 aromatic rings. The Morgan fingerprint density at radius 3 is 2.54 bits per heavy atom. The van der Waals surface area contributed by atoms with Gasteiger partial charge in [-0.25, -0.2) is 9.67 Å². The van der Waals surface area contributed by atoms with Crippen molar-refractivity contribution in [2.75, 3.05) is 6.54 Å². The van der Waals surface area contributed by atoms with Crippen molar-refractivity contribution in [3.63, 3.8) is 0 Å². The van der Waals surface area contributed by atoms with Crippen LogP contribution in [0.1, 0.15) is 75.9 Å². The van der Waals surface area contributed by atoms with Gasteiger partial charge < -0.3 is 4.90 Å². The highest BCUT2D eigenvalue weighted by molar-refractivity contribution is 5.77. The number of aromatic nitrogens is 4. The largest absolute Gasteiger partial charge is 0.339 e. The Hall–Kier alpha value is -2.24. The molecule has 1 saturated heterocycles. The van der Waals surface area contributed by atoms with Crippen LogP contribution in [0, 0.1) is 0 Å². The second kappa shape index (κ2) is 7.17. The quantitative estimate of drug-likeness (QED) is 0.845. The maximum Gasteiger partial charge on any atom is 0.222 e. The number of amides is 1. The van der Waals surface area contributed by atoms with Crippen LogP contribution in [-0.4, -0.2) is 43.1 Å². The number of pyridine rings is 1. The van der Waals surface area contributed by atoms with Crippen molar-refractivity contribution >= 4 is 5.91 Å². The molecule has 1 amide bonds. The summed E-state index contributed by atoms with van der Waals surface area (Å²) in [6.45, 7) is 5.00. The summed E-state index contributed by atoms with van der Waals surface area (Å²) in [7, 11) is 0. The normalized spacial score (nSPS) is 21.7. The molecule has 4 rings (SSSR count). The van der Waals surface area contributed by atoms with Gasteiger partial charge in [-0.15, -0.1) is 0 Å². The van der Waals surface area contributed by atoms with Crippen molar-refractivity contribution in [1.82, 2.24) is 24.6 Å². The van der Waals surface area contributed by atoms with Crippen LogP contribution in [0.25, 0.3) is 5.69 Å². The van der Waals surface area contributed by atoms with Crippen molar-refractivity contribution in [3.8, 4) is 5.69 Å². The molecule has 138 valence electrons. The van der Waals surface area contributed by atoms with Gasteiger partial charge in [0.2, 0.25) is 5.91 Å². The third-order valence-electron chi connectivity index (χ3n) is 5.65. The zero-order valence-corrected chi connectivity index (χ0v) is 15.6. The standard InChI is InChI=1S/C20H27N5O/c1-14(2)19-22-20(25(23-19)17-9-11-21-12-10-17)15-7-8-18(26)24(13-15)16-5-3-4-6-16/h9-12,14-16H,3-8,13H2,1-2H3. The molecule has 0 spiro atoms. The Morgan fingerprint density at radius 2 is 1.85 bits per heavy atom. The number of nitrogens with zero attached hydrogens (tertiary/aromatic N) is 5. The fraction of sp³-hybridized carbons (Fsp3) is 0.600. The Balaban J connectivity index is 1.66. The molecular weight excluding hydrogens is 326 g/mol. The first-order valence-corrected chi connectivity index (χ1v) is 9.80. The monoisotopic (exact) mass is 353 g/mol. The predicted octanol–water partition coefficient (Wildman–Crippen LogP) is 3.43. The topological polar surface area (TPSA) is 63.9 Å². The van der Waals surface area contributed by atoms with Crippen molar-refractivity contribution in [1.29, 1.82) is 0 Å². The van der Waals surface area contributed by atoms with Crippen LogP contribution < -0.4 is 0 Å². The van der Waals surface area contributed by atoms with E-state index in [1.54, 1.807) is 12.4 Å². The second-order valence-electron chi connectivity index (χ2n) is 7.82. The van der Waals surface area contributed by atoms with Crippen LogP contribution in [-0.2, 0) is 4.79 Å². The average Bonchev–Trinajstić information content (AvgIpc) is 3.33. The van der Waals surface area contributed by atoms with Gasteiger partial charge in [0.1, 0.15) is 5.82 Å². The maximum absolute atomic E-state index is 12.5. The number of hydrogen-bond acceptors (Lipinski definition) is 4. The van der Waals surface area contributed by atoms with Gasteiger partial charge in [-0.1, -0.05) is 26.7 Å². The lowest BCUT2D eigenvalue weighted by atomic mass is 9.94. The molecule has 1 aliphatic heterocycles. The first-order valence-electron chi connectivity index (χ1n) is 9.80. The maximum atomic E-state index is 12.5. The summed E-state index contributed by atoms with van der Waals surface area (Å²) in [6, 6.07) is 4.35. The minimum atomic E-state index is 0.237. The van der Waals surface area contributed by atoms with Crippen LogP contribution in [0.2, 0.25) is 0 Å². The minimum absolute atomic E-state index is 0.237. The van der Waals surface area contributed by atoms with Crippen molar-refractivity contribution < 1.29 is 4.79 Å². The van der Waals surface area contributed by atoms with Crippen molar-refractivity contribution in [3.05, 3.63) is 36.2 Å². The van der Waals surface area contributed by atoms with Crippen molar-refractivity contribution in [2.24, 2.45) is 0 Å². The highest BCUT2D eigenvalue weighted by atomic mass is 16.2. The van der Waals surface area contributed by atoms with Gasteiger partial charge in [0.05, 0.1) is 5.69 Å². The second-order valence-corrected chi connectivity index (χ2v) is 7.82. The molecule has 2 aromatic heterocycles. The number of piperidine rings is 1. The minimum Gasteiger partial charge on any atom is -0.339 e. The zero-order chi connectivity index (χ0) is 18.1. The van der Waals surface area contributed by atoms with E-state index in [9.17, 15) is 4.79 Å². The van der Waals surface area contributed by atoms with E-state index in [4.69, 9.17) is 10.1 Å². The molecule has 1 unspecified atom stereocenters. The van der Waals surface area contributed by atoms with Gasteiger partial charge in [0, 0.05) is 43.2 Å². The molecule has 0 aromatic carbocycles. The van der Waals surface area contributed by atoms with Crippen LogP contribution in [0.15, 0.2) is 24.5 Å². The Morgan fingerprint density at radius 1 is 1.12 bits per heavy atom. The number of rotatable bonds is 4. The van der Waals surface area contributed by atoms with Crippen LogP contribution in [0.4, 0.5) is 0 Å².